The van der Waals surface area contributed by atoms with E-state index in [0.717, 1.165) is 11.3 Å². The molecule has 1 aliphatic carbocycles. The molecular weight excluding hydrogens is 353 g/mol. The van der Waals surface area contributed by atoms with Gasteiger partial charge in [0, 0.05) is 30.8 Å². The maximum atomic E-state index is 11.8. The van der Waals surface area contributed by atoms with Crippen LogP contribution >= 0.6 is 23.2 Å². The number of halogens is 2. The minimum atomic E-state index is -0.493. The van der Waals surface area contributed by atoms with Crippen molar-refractivity contribution in [2.45, 2.75) is 25.8 Å². The average molecular weight is 370 g/mol. The SMILES string of the molecule is O=C(CO)N1CCc2[nH]c3c(Cl)c(Cl)c(OCC4CC4)nc3c2C1. The van der Waals surface area contributed by atoms with E-state index in [1.807, 2.05) is 0 Å². The molecule has 4 rings (SSSR count). The second-order valence-corrected chi connectivity index (χ2v) is 7.08. The minimum absolute atomic E-state index is 0.291. The van der Waals surface area contributed by atoms with Crippen LogP contribution < -0.4 is 4.74 Å². The summed E-state index contributed by atoms with van der Waals surface area (Å²) in [4.78, 5) is 21.2. The molecular formula is C16H17Cl2N3O3. The van der Waals surface area contributed by atoms with Crippen LogP contribution in [-0.2, 0) is 17.8 Å². The van der Waals surface area contributed by atoms with Crippen molar-refractivity contribution >= 4 is 40.1 Å². The van der Waals surface area contributed by atoms with Crippen LogP contribution in [0.3, 0.4) is 0 Å². The van der Waals surface area contributed by atoms with Gasteiger partial charge in [-0.1, -0.05) is 23.2 Å². The number of carbonyl (C=O) groups is 1. The second-order valence-electron chi connectivity index (χ2n) is 6.33. The number of hydrogen-bond donors (Lipinski definition) is 2. The van der Waals surface area contributed by atoms with E-state index in [1.165, 1.54) is 12.8 Å². The van der Waals surface area contributed by atoms with Crippen LogP contribution in [0, 0.1) is 5.92 Å². The van der Waals surface area contributed by atoms with Gasteiger partial charge < -0.3 is 19.7 Å². The Morgan fingerprint density at radius 1 is 1.38 bits per heavy atom. The van der Waals surface area contributed by atoms with Gasteiger partial charge in [0.2, 0.25) is 11.8 Å². The quantitative estimate of drug-likeness (QED) is 0.867. The summed E-state index contributed by atoms with van der Waals surface area (Å²) >= 11 is 12.7. The standard InChI is InChI=1S/C16H17Cl2N3O3/c17-12-13(18)16(24-7-8-1-2-8)20-14-9-5-21(11(23)6-22)4-3-10(9)19-15(12)14/h8,19,22H,1-7H2. The van der Waals surface area contributed by atoms with E-state index in [9.17, 15) is 4.79 Å². The Morgan fingerprint density at radius 3 is 2.88 bits per heavy atom. The predicted molar refractivity (Wildman–Crippen MR) is 90.5 cm³/mol. The molecule has 0 unspecified atom stereocenters. The number of ether oxygens (including phenoxy) is 1. The Balaban J connectivity index is 1.73. The Bertz CT molecular complexity index is 817. The lowest BCUT2D eigenvalue weighted by atomic mass is 10.1. The molecule has 0 bridgehead atoms. The van der Waals surface area contributed by atoms with Gasteiger partial charge in [-0.2, -0.15) is 0 Å². The fraction of sp³-hybridized carbons (Fsp3) is 0.500. The molecule has 6 nitrogen and oxygen atoms in total. The van der Waals surface area contributed by atoms with Gasteiger partial charge in [-0.3, -0.25) is 4.79 Å². The molecule has 0 aromatic carbocycles. The lowest BCUT2D eigenvalue weighted by Gasteiger charge is -2.26. The first-order valence-electron chi connectivity index (χ1n) is 7.98. The van der Waals surface area contributed by atoms with Gasteiger partial charge >= 0.3 is 0 Å². The first-order valence-corrected chi connectivity index (χ1v) is 8.74. The van der Waals surface area contributed by atoms with Crippen molar-refractivity contribution < 1.29 is 14.6 Å². The highest BCUT2D eigenvalue weighted by atomic mass is 35.5. The van der Waals surface area contributed by atoms with E-state index < -0.39 is 6.61 Å². The van der Waals surface area contributed by atoms with Crippen molar-refractivity contribution in [1.29, 1.82) is 0 Å². The van der Waals surface area contributed by atoms with Gasteiger partial charge in [-0.25, -0.2) is 4.98 Å². The molecule has 0 radical (unpaired) electrons. The Labute approximate surface area is 148 Å². The molecule has 3 heterocycles. The van der Waals surface area contributed by atoms with Crippen LogP contribution in [-0.4, -0.2) is 45.6 Å². The summed E-state index contributed by atoms with van der Waals surface area (Å²) in [7, 11) is 0. The normalized spacial score (nSPS) is 17.2. The van der Waals surface area contributed by atoms with E-state index >= 15 is 0 Å². The third kappa shape index (κ3) is 2.72. The topological polar surface area (TPSA) is 78.5 Å². The fourth-order valence-corrected chi connectivity index (χ4v) is 3.41. The predicted octanol–water partition coefficient (Wildman–Crippen LogP) is 2.54. The number of fused-ring (bicyclic) bond motifs is 3. The van der Waals surface area contributed by atoms with Gasteiger partial charge in [0.05, 0.1) is 22.7 Å². The van der Waals surface area contributed by atoms with Crippen LogP contribution in [0.5, 0.6) is 5.88 Å². The number of pyridine rings is 1. The Morgan fingerprint density at radius 2 is 2.17 bits per heavy atom. The molecule has 0 spiro atoms. The molecule has 2 aromatic heterocycles. The molecule has 2 aromatic rings. The molecule has 1 aliphatic heterocycles. The summed E-state index contributed by atoms with van der Waals surface area (Å²) < 4.78 is 5.74. The first kappa shape index (κ1) is 16.0. The van der Waals surface area contributed by atoms with E-state index in [1.54, 1.807) is 4.90 Å². The molecule has 1 fully saturated rings. The molecule has 2 N–H and O–H groups in total. The van der Waals surface area contributed by atoms with Crippen molar-refractivity contribution in [3.8, 4) is 5.88 Å². The zero-order chi connectivity index (χ0) is 16.8. The molecule has 1 saturated carbocycles. The molecule has 1 amide bonds. The summed E-state index contributed by atoms with van der Waals surface area (Å²) in [5, 5.41) is 9.78. The van der Waals surface area contributed by atoms with Gasteiger partial charge in [-0.15, -0.1) is 0 Å². The molecule has 0 atom stereocenters. The van der Waals surface area contributed by atoms with Crippen molar-refractivity contribution in [2.75, 3.05) is 19.8 Å². The highest BCUT2D eigenvalue weighted by Gasteiger charge is 2.28. The zero-order valence-corrected chi connectivity index (χ0v) is 14.5. The third-order valence-corrected chi connectivity index (χ3v) is 5.42. The largest absolute Gasteiger partial charge is 0.476 e. The van der Waals surface area contributed by atoms with Gasteiger partial charge in [0.15, 0.2) is 0 Å². The zero-order valence-electron chi connectivity index (χ0n) is 12.9. The summed E-state index contributed by atoms with van der Waals surface area (Å²) in [5.74, 6) is 0.629. The monoisotopic (exact) mass is 369 g/mol. The Kier molecular flexibility index (Phi) is 4.06. The van der Waals surface area contributed by atoms with Crippen molar-refractivity contribution in [1.82, 2.24) is 14.9 Å². The number of aromatic nitrogens is 2. The van der Waals surface area contributed by atoms with Crippen LogP contribution in [0.4, 0.5) is 0 Å². The van der Waals surface area contributed by atoms with Crippen molar-refractivity contribution in [2.24, 2.45) is 5.92 Å². The average Bonchev–Trinajstić information content (AvgIpc) is 3.36. The van der Waals surface area contributed by atoms with Crippen LogP contribution in [0.15, 0.2) is 0 Å². The number of amides is 1. The molecule has 2 aliphatic rings. The number of hydrogen-bond acceptors (Lipinski definition) is 4. The van der Waals surface area contributed by atoms with Crippen LogP contribution in [0.2, 0.25) is 10.0 Å². The number of nitrogens with zero attached hydrogens (tertiary/aromatic N) is 2. The lowest BCUT2D eigenvalue weighted by Crippen LogP contribution is -2.37. The number of aliphatic hydroxyl groups excluding tert-OH is 1. The maximum Gasteiger partial charge on any atom is 0.248 e. The van der Waals surface area contributed by atoms with Crippen LogP contribution in [0.25, 0.3) is 11.0 Å². The molecule has 0 saturated heterocycles. The summed E-state index contributed by atoms with van der Waals surface area (Å²) in [5.41, 5.74) is 3.26. The highest BCUT2D eigenvalue weighted by Crippen LogP contribution is 2.40. The summed E-state index contributed by atoms with van der Waals surface area (Å²) in [6.07, 6.45) is 3.00. The van der Waals surface area contributed by atoms with Gasteiger partial charge in [0.25, 0.3) is 0 Å². The summed E-state index contributed by atoms with van der Waals surface area (Å²) in [6, 6.07) is 0. The van der Waals surface area contributed by atoms with E-state index in [4.69, 9.17) is 33.0 Å². The first-order chi connectivity index (χ1) is 11.6. The van der Waals surface area contributed by atoms with Crippen LogP contribution in [0.1, 0.15) is 24.1 Å². The van der Waals surface area contributed by atoms with E-state index in [2.05, 4.69) is 9.97 Å². The van der Waals surface area contributed by atoms with E-state index in [0.29, 0.717) is 59.0 Å². The number of nitrogens with one attached hydrogen (secondary N) is 1. The van der Waals surface area contributed by atoms with E-state index in [-0.39, 0.29) is 5.91 Å². The number of H-pyrrole nitrogens is 1. The number of aromatic amines is 1. The molecule has 128 valence electrons. The van der Waals surface area contributed by atoms with Gasteiger partial charge in [0.1, 0.15) is 11.6 Å². The molecule has 8 heteroatoms. The highest BCUT2D eigenvalue weighted by molar-refractivity contribution is 6.45. The number of aliphatic hydroxyl groups is 1. The summed E-state index contributed by atoms with van der Waals surface area (Å²) in [6.45, 7) is 1.04. The second kappa shape index (κ2) is 6.10. The number of carbonyl (C=O) groups excluding carboxylic acids is 1. The lowest BCUT2D eigenvalue weighted by molar-refractivity contribution is -0.135. The van der Waals surface area contributed by atoms with Gasteiger partial charge in [-0.05, 0) is 18.8 Å². The maximum absolute atomic E-state index is 11.8. The minimum Gasteiger partial charge on any atom is -0.476 e. The Hall–Kier alpha value is -1.50. The van der Waals surface area contributed by atoms with Crippen molar-refractivity contribution in [3.05, 3.63) is 21.3 Å². The number of rotatable bonds is 4. The smallest absolute Gasteiger partial charge is 0.248 e. The fourth-order valence-electron chi connectivity index (χ4n) is 3.01. The third-order valence-electron chi connectivity index (χ3n) is 4.60. The van der Waals surface area contributed by atoms with Crippen molar-refractivity contribution in [3.63, 3.8) is 0 Å². The molecule has 24 heavy (non-hydrogen) atoms.